The molecule has 2 N–H and O–H groups in total. The van der Waals surface area contributed by atoms with Crippen LogP contribution in [0.1, 0.15) is 47.0 Å². The third kappa shape index (κ3) is 9.78. The zero-order chi connectivity index (χ0) is 27.4. The van der Waals surface area contributed by atoms with E-state index in [1.165, 1.54) is 0 Å². The third-order valence-corrected chi connectivity index (χ3v) is 4.92. The van der Waals surface area contributed by atoms with Gasteiger partial charge in [-0.3, -0.25) is 29.3 Å². The Morgan fingerprint density at radius 1 is 0.946 bits per heavy atom. The summed E-state index contributed by atoms with van der Waals surface area (Å²) in [4.78, 5) is 65.0. The van der Waals surface area contributed by atoms with Crippen molar-refractivity contribution in [3.05, 3.63) is 30.3 Å². The summed E-state index contributed by atoms with van der Waals surface area (Å²) in [7, 11) is 0. The lowest BCUT2D eigenvalue weighted by Gasteiger charge is -2.41. The monoisotopic (exact) mass is 521 g/mol. The number of hydrogen-bond acceptors (Lipinski definition) is 11. The Morgan fingerprint density at radius 2 is 1.59 bits per heavy atom. The van der Waals surface area contributed by atoms with Crippen molar-refractivity contribution in [2.75, 3.05) is 11.9 Å². The summed E-state index contributed by atoms with van der Waals surface area (Å²) in [6, 6.07) is 7.11. The fraction of sp³-hybridized carbons (Fsp3) is 0.500. The maximum atomic E-state index is 12.6. The van der Waals surface area contributed by atoms with E-state index in [0.29, 0.717) is 12.1 Å². The Morgan fingerprint density at radius 3 is 2.19 bits per heavy atom. The molecular formula is C24H31N3O10. The number of para-hydroxylation sites is 1. The van der Waals surface area contributed by atoms with Crippen LogP contribution in [0.5, 0.6) is 0 Å². The van der Waals surface area contributed by atoms with Crippen molar-refractivity contribution in [3.63, 3.8) is 0 Å². The van der Waals surface area contributed by atoms with Gasteiger partial charge in [0, 0.05) is 32.9 Å². The molecule has 1 aliphatic rings. The second-order valence-corrected chi connectivity index (χ2v) is 8.06. The minimum atomic E-state index is -1.35. The predicted octanol–water partition coefficient (Wildman–Crippen LogP) is 2.05. The Labute approximate surface area is 213 Å². The maximum absolute atomic E-state index is 12.6. The number of hydrogen-bond donors (Lipinski definition) is 2. The summed E-state index contributed by atoms with van der Waals surface area (Å²) in [5.41, 5.74) is 0.433. The molecule has 37 heavy (non-hydrogen) atoms. The van der Waals surface area contributed by atoms with Crippen LogP contribution in [-0.2, 0) is 43.0 Å². The van der Waals surface area contributed by atoms with E-state index in [2.05, 4.69) is 15.8 Å². The molecule has 1 aliphatic heterocycles. The lowest BCUT2D eigenvalue weighted by Crippen LogP contribution is -2.64. The van der Waals surface area contributed by atoms with Gasteiger partial charge >= 0.3 is 24.0 Å². The van der Waals surface area contributed by atoms with Crippen LogP contribution >= 0.6 is 0 Å². The average Bonchev–Trinajstić information content (AvgIpc) is 2.83. The molecule has 1 heterocycles. The standard InChI is InChI=1S/C24H31N3O10/c1-5-6-12-19(31)26-20-22(35-16(4)30)21(34-15(3)29)18(13-33-14(2)28)36-23(20)27-37-24(32)25-17-10-8-7-9-11-17/h7-11,18,20-22H,5-6,12-13H2,1-4H3,(H,25,32)(H,26,31)/t18-,20-,21-,22-/m1/s1. The fourth-order valence-electron chi connectivity index (χ4n) is 3.38. The van der Waals surface area contributed by atoms with Gasteiger partial charge in [0.2, 0.25) is 5.91 Å². The van der Waals surface area contributed by atoms with Crippen molar-refractivity contribution in [1.29, 1.82) is 0 Å². The Hall–Kier alpha value is -4.16. The number of unbranched alkanes of at least 4 members (excludes halogenated alkanes) is 1. The average molecular weight is 522 g/mol. The van der Waals surface area contributed by atoms with Gasteiger partial charge in [-0.05, 0) is 23.7 Å². The van der Waals surface area contributed by atoms with Crippen LogP contribution in [0.25, 0.3) is 0 Å². The summed E-state index contributed by atoms with van der Waals surface area (Å²) in [6.45, 7) is 4.90. The smallest absolute Gasteiger partial charge is 0.437 e. The van der Waals surface area contributed by atoms with Gasteiger partial charge < -0.3 is 24.3 Å². The molecule has 1 fully saturated rings. The second kappa shape index (κ2) is 14.4. The van der Waals surface area contributed by atoms with Gasteiger partial charge in [-0.15, -0.1) is 0 Å². The number of oxime groups is 1. The molecule has 1 aromatic carbocycles. The third-order valence-electron chi connectivity index (χ3n) is 4.92. The van der Waals surface area contributed by atoms with Crippen LogP contribution in [0.3, 0.4) is 0 Å². The molecule has 0 bridgehead atoms. The molecule has 1 aromatic rings. The molecule has 13 heteroatoms. The van der Waals surface area contributed by atoms with E-state index in [-0.39, 0.29) is 12.3 Å². The second-order valence-electron chi connectivity index (χ2n) is 8.06. The molecule has 0 unspecified atom stereocenters. The summed E-state index contributed by atoms with van der Waals surface area (Å²) in [5.74, 6) is -2.95. The van der Waals surface area contributed by atoms with Crippen molar-refractivity contribution < 1.29 is 47.8 Å². The number of nitrogens with zero attached hydrogens (tertiary/aromatic N) is 1. The number of benzene rings is 1. The van der Waals surface area contributed by atoms with Crippen LogP contribution in [0.4, 0.5) is 10.5 Å². The van der Waals surface area contributed by atoms with E-state index in [1.54, 1.807) is 30.3 Å². The van der Waals surface area contributed by atoms with E-state index in [4.69, 9.17) is 23.8 Å². The van der Waals surface area contributed by atoms with E-state index < -0.39 is 60.9 Å². The molecule has 1 saturated heterocycles. The van der Waals surface area contributed by atoms with Crippen LogP contribution < -0.4 is 10.6 Å². The minimum Gasteiger partial charge on any atom is -0.466 e. The molecule has 2 amide bonds. The van der Waals surface area contributed by atoms with Crippen LogP contribution in [0, 0.1) is 0 Å². The number of amides is 2. The quantitative estimate of drug-likeness (QED) is 0.201. The van der Waals surface area contributed by atoms with E-state index >= 15 is 0 Å². The zero-order valence-electron chi connectivity index (χ0n) is 21.1. The summed E-state index contributed by atoms with van der Waals surface area (Å²) in [6.07, 6.45) is -3.37. The first-order valence-corrected chi connectivity index (χ1v) is 11.7. The largest absolute Gasteiger partial charge is 0.466 e. The SMILES string of the molecule is CCCCC(=O)N[C@H]1C(=NOC(=O)Nc2ccccc2)O[C@H](COC(C)=O)[C@@H](OC(C)=O)[C@@H]1OC(C)=O. The first-order valence-electron chi connectivity index (χ1n) is 11.7. The highest BCUT2D eigenvalue weighted by molar-refractivity contribution is 5.90. The van der Waals surface area contributed by atoms with Gasteiger partial charge in [0.05, 0.1) is 0 Å². The fourth-order valence-corrected chi connectivity index (χ4v) is 3.38. The molecule has 0 aliphatic carbocycles. The number of anilines is 1. The summed E-state index contributed by atoms with van der Waals surface area (Å²) >= 11 is 0. The molecule has 4 atom stereocenters. The first kappa shape index (κ1) is 29.1. The van der Waals surface area contributed by atoms with Gasteiger partial charge in [0.25, 0.3) is 5.90 Å². The van der Waals surface area contributed by atoms with Crippen molar-refractivity contribution in [2.24, 2.45) is 5.16 Å². The highest BCUT2D eigenvalue weighted by Gasteiger charge is 2.50. The van der Waals surface area contributed by atoms with Gasteiger partial charge in [0.1, 0.15) is 12.6 Å². The van der Waals surface area contributed by atoms with Crippen molar-refractivity contribution in [1.82, 2.24) is 5.32 Å². The molecule has 2 rings (SSSR count). The van der Waals surface area contributed by atoms with Crippen molar-refractivity contribution in [2.45, 2.75) is 71.3 Å². The number of carbonyl (C=O) groups excluding carboxylic acids is 5. The molecule has 202 valence electrons. The number of nitrogens with one attached hydrogen (secondary N) is 2. The number of esters is 3. The summed E-state index contributed by atoms with van der Waals surface area (Å²) < 4.78 is 21.5. The van der Waals surface area contributed by atoms with Gasteiger partial charge in [-0.2, -0.15) is 0 Å². The highest BCUT2D eigenvalue weighted by atomic mass is 16.7. The summed E-state index contributed by atoms with van der Waals surface area (Å²) in [5, 5.41) is 8.84. The number of ether oxygens (including phenoxy) is 4. The Bertz CT molecular complexity index is 998. The van der Waals surface area contributed by atoms with Crippen LogP contribution in [-0.4, -0.2) is 66.8 Å². The number of rotatable bonds is 10. The molecular weight excluding hydrogens is 490 g/mol. The molecule has 0 aromatic heterocycles. The lowest BCUT2D eigenvalue weighted by atomic mass is 9.96. The van der Waals surface area contributed by atoms with E-state index in [0.717, 1.165) is 27.2 Å². The van der Waals surface area contributed by atoms with Crippen LogP contribution in [0.2, 0.25) is 0 Å². The van der Waals surface area contributed by atoms with Gasteiger partial charge in [-0.25, -0.2) is 4.79 Å². The van der Waals surface area contributed by atoms with Crippen molar-refractivity contribution >= 4 is 41.5 Å². The normalized spacial score (nSPS) is 21.7. The highest BCUT2D eigenvalue weighted by Crippen LogP contribution is 2.25. The van der Waals surface area contributed by atoms with E-state index in [9.17, 15) is 24.0 Å². The first-order chi connectivity index (χ1) is 17.6. The Kier molecular flexibility index (Phi) is 11.3. The van der Waals surface area contributed by atoms with Gasteiger partial charge in [-0.1, -0.05) is 31.5 Å². The Balaban J connectivity index is 2.40. The zero-order valence-corrected chi connectivity index (χ0v) is 21.1. The topological polar surface area (TPSA) is 168 Å². The van der Waals surface area contributed by atoms with Crippen molar-refractivity contribution in [3.8, 4) is 0 Å². The lowest BCUT2D eigenvalue weighted by molar-refractivity contribution is -0.186. The van der Waals surface area contributed by atoms with Crippen LogP contribution in [0.15, 0.2) is 35.5 Å². The van der Waals surface area contributed by atoms with E-state index in [1.807, 2.05) is 6.92 Å². The van der Waals surface area contributed by atoms with Gasteiger partial charge in [0.15, 0.2) is 18.3 Å². The molecule has 0 spiro atoms. The molecule has 0 radical (unpaired) electrons. The number of carbonyl (C=O) groups is 5. The predicted molar refractivity (Wildman–Crippen MR) is 128 cm³/mol. The maximum Gasteiger partial charge on any atom is 0.437 e. The minimum absolute atomic E-state index is 0.136. The molecule has 13 nitrogen and oxygen atoms in total. The molecule has 0 saturated carbocycles.